The molecule has 22 heavy (non-hydrogen) atoms. The summed E-state index contributed by atoms with van der Waals surface area (Å²) in [5, 5.41) is 1.20. The molecule has 1 aromatic heterocycles. The molecule has 5 heteroatoms. The molecular formula is C17H16BrCl2NO. The molecule has 1 unspecified atom stereocenters. The van der Waals surface area contributed by atoms with Crippen molar-refractivity contribution in [1.29, 1.82) is 0 Å². The first-order valence-corrected chi connectivity index (χ1v) is 8.54. The van der Waals surface area contributed by atoms with E-state index in [-0.39, 0.29) is 5.78 Å². The molecule has 0 spiro atoms. The molecule has 0 fully saturated rings. The Hall–Kier alpha value is -0.900. The Kier molecular flexibility index (Phi) is 6.01. The quantitative estimate of drug-likeness (QED) is 0.591. The Balaban J connectivity index is 2.38. The minimum Gasteiger partial charge on any atom is -0.300 e. The summed E-state index contributed by atoms with van der Waals surface area (Å²) in [7, 11) is 0. The van der Waals surface area contributed by atoms with E-state index in [0.29, 0.717) is 29.3 Å². The van der Waals surface area contributed by atoms with Crippen molar-refractivity contribution in [2.45, 2.75) is 30.5 Å². The predicted molar refractivity (Wildman–Crippen MR) is 94.9 cm³/mol. The summed E-state index contributed by atoms with van der Waals surface area (Å²) in [6.45, 7) is 1.87. The topological polar surface area (TPSA) is 30.0 Å². The third kappa shape index (κ3) is 4.31. The van der Waals surface area contributed by atoms with Crippen molar-refractivity contribution in [3.8, 4) is 0 Å². The fourth-order valence-corrected chi connectivity index (χ4v) is 3.62. The lowest BCUT2D eigenvalue weighted by Gasteiger charge is -2.28. The molecule has 0 amide bonds. The van der Waals surface area contributed by atoms with Gasteiger partial charge in [0.15, 0.2) is 0 Å². The standard InChI is InChI=1S/C17H16BrCl2NO/c1-2-15(22)10-17(18,13-4-3-7-21-11-13)9-12-5-6-14(19)8-16(12)20/h3-8,11H,2,9-10H2,1H3. The van der Waals surface area contributed by atoms with E-state index < -0.39 is 4.32 Å². The van der Waals surface area contributed by atoms with Crippen LogP contribution in [0.1, 0.15) is 30.9 Å². The molecule has 1 heterocycles. The lowest BCUT2D eigenvalue weighted by molar-refractivity contribution is -0.119. The number of carbonyl (C=O) groups excluding carboxylic acids is 1. The second-order valence-electron chi connectivity index (χ2n) is 5.19. The maximum atomic E-state index is 12.0. The average Bonchev–Trinajstić information content (AvgIpc) is 2.51. The van der Waals surface area contributed by atoms with Crippen LogP contribution in [0.4, 0.5) is 0 Å². The van der Waals surface area contributed by atoms with E-state index in [1.54, 1.807) is 24.5 Å². The summed E-state index contributed by atoms with van der Waals surface area (Å²) >= 11 is 16.0. The highest BCUT2D eigenvalue weighted by Gasteiger charge is 2.32. The third-order valence-corrected chi connectivity index (χ3v) is 5.14. The smallest absolute Gasteiger partial charge is 0.134 e. The van der Waals surface area contributed by atoms with Crippen LogP contribution in [0.15, 0.2) is 42.7 Å². The number of benzene rings is 1. The number of ketones is 1. The SMILES string of the molecule is CCC(=O)CC(Br)(Cc1ccc(Cl)cc1Cl)c1cccnc1. The van der Waals surface area contributed by atoms with E-state index >= 15 is 0 Å². The fraction of sp³-hybridized carbons (Fsp3) is 0.294. The molecule has 0 aliphatic heterocycles. The molecule has 0 N–H and O–H groups in total. The Bertz CT molecular complexity index is 663. The summed E-state index contributed by atoms with van der Waals surface area (Å²) in [6, 6.07) is 9.25. The van der Waals surface area contributed by atoms with Crippen LogP contribution in [-0.2, 0) is 15.5 Å². The normalized spacial score (nSPS) is 13.6. The Labute approximate surface area is 149 Å². The number of alkyl halides is 1. The number of rotatable bonds is 6. The number of pyridine rings is 1. The van der Waals surface area contributed by atoms with Crippen LogP contribution in [0.5, 0.6) is 0 Å². The van der Waals surface area contributed by atoms with Crippen molar-refractivity contribution >= 4 is 44.9 Å². The molecule has 0 aliphatic carbocycles. The Morgan fingerprint density at radius 1 is 1.32 bits per heavy atom. The second kappa shape index (κ2) is 7.58. The molecule has 0 radical (unpaired) electrons. The molecule has 116 valence electrons. The summed E-state index contributed by atoms with van der Waals surface area (Å²) in [5.41, 5.74) is 1.90. The van der Waals surface area contributed by atoms with Crippen LogP contribution in [-0.4, -0.2) is 10.8 Å². The average molecular weight is 401 g/mol. The van der Waals surface area contributed by atoms with Crippen LogP contribution >= 0.6 is 39.1 Å². The maximum Gasteiger partial charge on any atom is 0.134 e. The van der Waals surface area contributed by atoms with Gasteiger partial charge < -0.3 is 0 Å². The van der Waals surface area contributed by atoms with Gasteiger partial charge in [0.25, 0.3) is 0 Å². The van der Waals surface area contributed by atoms with Crippen molar-refractivity contribution in [1.82, 2.24) is 4.98 Å². The molecule has 2 aromatic rings. The highest BCUT2D eigenvalue weighted by molar-refractivity contribution is 9.09. The molecule has 2 nitrogen and oxygen atoms in total. The second-order valence-corrected chi connectivity index (χ2v) is 7.55. The van der Waals surface area contributed by atoms with E-state index in [1.807, 2.05) is 25.1 Å². The first kappa shape index (κ1) is 17.5. The Morgan fingerprint density at radius 2 is 2.09 bits per heavy atom. The van der Waals surface area contributed by atoms with Gasteiger partial charge in [0, 0.05) is 35.3 Å². The van der Waals surface area contributed by atoms with Gasteiger partial charge in [0.2, 0.25) is 0 Å². The van der Waals surface area contributed by atoms with Gasteiger partial charge in [-0.05, 0) is 35.7 Å². The first-order valence-electron chi connectivity index (χ1n) is 6.99. The van der Waals surface area contributed by atoms with Gasteiger partial charge >= 0.3 is 0 Å². The van der Waals surface area contributed by atoms with Crippen molar-refractivity contribution in [2.24, 2.45) is 0 Å². The monoisotopic (exact) mass is 399 g/mol. The molecule has 1 atom stereocenters. The van der Waals surface area contributed by atoms with Gasteiger partial charge in [-0.15, -0.1) is 0 Å². The number of aromatic nitrogens is 1. The largest absolute Gasteiger partial charge is 0.300 e. The zero-order valence-electron chi connectivity index (χ0n) is 12.2. The highest BCUT2D eigenvalue weighted by Crippen LogP contribution is 2.40. The molecule has 0 saturated heterocycles. The maximum absolute atomic E-state index is 12.0. The van der Waals surface area contributed by atoms with Crippen molar-refractivity contribution < 1.29 is 4.79 Å². The third-order valence-electron chi connectivity index (χ3n) is 3.54. The lowest BCUT2D eigenvalue weighted by Crippen LogP contribution is -2.25. The minimum absolute atomic E-state index is 0.186. The van der Waals surface area contributed by atoms with Crippen molar-refractivity contribution in [2.75, 3.05) is 0 Å². The van der Waals surface area contributed by atoms with Crippen LogP contribution in [0.3, 0.4) is 0 Å². The van der Waals surface area contributed by atoms with Gasteiger partial charge in [0.1, 0.15) is 5.78 Å². The number of hydrogen-bond acceptors (Lipinski definition) is 2. The van der Waals surface area contributed by atoms with Gasteiger partial charge in [-0.2, -0.15) is 0 Å². The molecule has 0 bridgehead atoms. The number of carbonyl (C=O) groups is 1. The first-order chi connectivity index (χ1) is 10.4. The number of nitrogens with zero attached hydrogens (tertiary/aromatic N) is 1. The fourth-order valence-electron chi connectivity index (χ4n) is 2.30. The van der Waals surface area contributed by atoms with E-state index in [9.17, 15) is 4.79 Å². The Morgan fingerprint density at radius 3 is 2.68 bits per heavy atom. The van der Waals surface area contributed by atoms with E-state index in [2.05, 4.69) is 20.9 Å². The van der Waals surface area contributed by atoms with Crippen LogP contribution < -0.4 is 0 Å². The van der Waals surface area contributed by atoms with Crippen molar-refractivity contribution in [3.05, 3.63) is 63.9 Å². The minimum atomic E-state index is -0.522. The molecular weight excluding hydrogens is 385 g/mol. The number of halogens is 3. The van der Waals surface area contributed by atoms with E-state index in [4.69, 9.17) is 23.2 Å². The van der Waals surface area contributed by atoms with Crippen LogP contribution in [0.2, 0.25) is 10.0 Å². The van der Waals surface area contributed by atoms with E-state index in [0.717, 1.165) is 11.1 Å². The summed E-state index contributed by atoms with van der Waals surface area (Å²) < 4.78 is -0.522. The highest BCUT2D eigenvalue weighted by atomic mass is 79.9. The van der Waals surface area contributed by atoms with Gasteiger partial charge in [-0.25, -0.2) is 0 Å². The number of Topliss-reactive ketones (excluding diaryl/α,β-unsaturated/α-hetero) is 1. The number of hydrogen-bond donors (Lipinski definition) is 0. The molecule has 0 aliphatic rings. The summed E-state index contributed by atoms with van der Waals surface area (Å²) in [6.07, 6.45) is 4.96. The van der Waals surface area contributed by atoms with Gasteiger partial charge in [-0.1, -0.05) is 58.2 Å². The molecule has 2 rings (SSSR count). The zero-order valence-corrected chi connectivity index (χ0v) is 15.2. The lowest BCUT2D eigenvalue weighted by atomic mass is 9.88. The van der Waals surface area contributed by atoms with E-state index in [1.165, 1.54) is 0 Å². The predicted octanol–water partition coefficient (Wildman–Crippen LogP) is 5.59. The van der Waals surface area contributed by atoms with Crippen LogP contribution in [0, 0.1) is 0 Å². The summed E-state index contributed by atoms with van der Waals surface area (Å²) in [5.74, 6) is 0.186. The molecule has 1 aromatic carbocycles. The summed E-state index contributed by atoms with van der Waals surface area (Å²) in [4.78, 5) is 16.2. The van der Waals surface area contributed by atoms with Crippen LogP contribution in [0.25, 0.3) is 0 Å². The van der Waals surface area contributed by atoms with Crippen molar-refractivity contribution in [3.63, 3.8) is 0 Å². The molecule has 0 saturated carbocycles. The zero-order chi connectivity index (χ0) is 16.2. The van der Waals surface area contributed by atoms with Gasteiger partial charge in [-0.3, -0.25) is 9.78 Å². The van der Waals surface area contributed by atoms with Gasteiger partial charge in [0.05, 0.1) is 4.32 Å².